The van der Waals surface area contributed by atoms with Crippen LogP contribution in [-0.2, 0) is 0 Å². The van der Waals surface area contributed by atoms with Gasteiger partial charge in [-0.2, -0.15) is 0 Å². The van der Waals surface area contributed by atoms with E-state index in [1.807, 2.05) is 12.3 Å². The van der Waals surface area contributed by atoms with Crippen LogP contribution in [0.2, 0.25) is 0 Å². The van der Waals surface area contributed by atoms with E-state index in [0.717, 1.165) is 10.8 Å². The van der Waals surface area contributed by atoms with Gasteiger partial charge in [0, 0.05) is 17.1 Å². The van der Waals surface area contributed by atoms with Gasteiger partial charge in [0.05, 0.1) is 11.2 Å². The van der Waals surface area contributed by atoms with E-state index in [9.17, 15) is 0 Å². The van der Waals surface area contributed by atoms with Crippen molar-refractivity contribution in [3.05, 3.63) is 65.8 Å². The van der Waals surface area contributed by atoms with Gasteiger partial charge in [-0.05, 0) is 66.2 Å². The zero-order valence-corrected chi connectivity index (χ0v) is 13.0. The van der Waals surface area contributed by atoms with Crippen molar-refractivity contribution in [1.82, 2.24) is 4.98 Å². The molecule has 0 radical (unpaired) electrons. The largest absolute Gasteiger partial charge is 0.256 e. The monoisotopic (exact) mass is 303 g/mol. The number of hydrogen-bond acceptors (Lipinski definition) is 1. The second-order valence-corrected chi connectivity index (χ2v) is 6.88. The molecular formula is C22H21N. The predicted octanol–water partition coefficient (Wildman–Crippen LogP) is 6.05. The first-order valence-corrected chi connectivity index (χ1v) is 8.54. The van der Waals surface area contributed by atoms with Crippen LogP contribution < -0.4 is 0 Å². The van der Waals surface area contributed by atoms with Crippen molar-refractivity contribution >= 4 is 10.8 Å². The maximum atomic E-state index is 8.20. The SMILES string of the molecule is [2H]c1cc(-c2cc3cc4c(cc3cn2)C2CCCC4CC2)c([2H])c([2H])c1[2H]. The molecule has 1 heteroatoms. The average Bonchev–Trinajstić information content (AvgIpc) is 3.02. The summed E-state index contributed by atoms with van der Waals surface area (Å²) < 4.78 is 31.7. The normalized spacial score (nSPS) is 25.2. The Balaban J connectivity index is 1.68. The third-order valence-electron chi connectivity index (χ3n) is 5.60. The molecule has 1 fully saturated rings. The van der Waals surface area contributed by atoms with Gasteiger partial charge >= 0.3 is 0 Å². The fourth-order valence-corrected chi connectivity index (χ4v) is 4.42. The maximum absolute atomic E-state index is 8.20. The van der Waals surface area contributed by atoms with Gasteiger partial charge in [0.2, 0.25) is 0 Å². The molecule has 0 aliphatic heterocycles. The van der Waals surface area contributed by atoms with Gasteiger partial charge in [-0.15, -0.1) is 0 Å². The van der Waals surface area contributed by atoms with Crippen molar-refractivity contribution in [3.63, 3.8) is 0 Å². The summed E-state index contributed by atoms with van der Waals surface area (Å²) >= 11 is 0. The summed E-state index contributed by atoms with van der Waals surface area (Å²) in [6.07, 6.45) is 8.32. The Hall–Kier alpha value is -2.15. The second kappa shape index (κ2) is 5.19. The highest BCUT2D eigenvalue weighted by Gasteiger charge is 2.30. The number of benzene rings is 2. The molecule has 0 amide bonds. The van der Waals surface area contributed by atoms with Gasteiger partial charge in [-0.25, -0.2) is 0 Å². The Morgan fingerprint density at radius 1 is 0.870 bits per heavy atom. The van der Waals surface area contributed by atoms with Gasteiger partial charge < -0.3 is 0 Å². The van der Waals surface area contributed by atoms with Crippen LogP contribution in [0.25, 0.3) is 22.0 Å². The molecule has 114 valence electrons. The van der Waals surface area contributed by atoms with Crippen LogP contribution in [-0.4, -0.2) is 4.98 Å². The van der Waals surface area contributed by atoms with Crippen molar-refractivity contribution in [2.24, 2.45) is 0 Å². The number of pyridine rings is 1. The van der Waals surface area contributed by atoms with Crippen molar-refractivity contribution < 1.29 is 5.48 Å². The highest BCUT2D eigenvalue weighted by molar-refractivity contribution is 5.87. The van der Waals surface area contributed by atoms with Gasteiger partial charge in [-0.1, -0.05) is 42.7 Å². The summed E-state index contributed by atoms with van der Waals surface area (Å²) in [6.45, 7) is 0. The molecule has 0 spiro atoms. The van der Waals surface area contributed by atoms with Gasteiger partial charge in [0.15, 0.2) is 0 Å². The Labute approximate surface area is 143 Å². The Kier molecular flexibility index (Phi) is 2.23. The van der Waals surface area contributed by atoms with E-state index in [-0.39, 0.29) is 24.2 Å². The number of fused-ring (bicyclic) bond motifs is 4. The molecule has 1 nitrogen and oxygen atoms in total. The number of aromatic nitrogens is 1. The first-order valence-electron chi connectivity index (χ1n) is 10.5. The van der Waals surface area contributed by atoms with E-state index in [4.69, 9.17) is 5.48 Å². The van der Waals surface area contributed by atoms with Crippen molar-refractivity contribution in [2.75, 3.05) is 0 Å². The fourth-order valence-electron chi connectivity index (χ4n) is 4.42. The molecule has 3 aliphatic carbocycles. The molecule has 1 heterocycles. The van der Waals surface area contributed by atoms with Gasteiger partial charge in [0.1, 0.15) is 0 Å². The van der Waals surface area contributed by atoms with E-state index < -0.39 is 0 Å². The first-order chi connectivity index (χ1) is 13.0. The van der Waals surface area contributed by atoms with Gasteiger partial charge in [-0.3, -0.25) is 4.98 Å². The molecular weight excluding hydrogens is 278 g/mol. The topological polar surface area (TPSA) is 12.9 Å². The second-order valence-electron chi connectivity index (χ2n) is 6.88. The lowest BCUT2D eigenvalue weighted by molar-refractivity contribution is 0.528. The lowest BCUT2D eigenvalue weighted by Crippen LogP contribution is -2.10. The van der Waals surface area contributed by atoms with Crippen molar-refractivity contribution in [2.45, 2.75) is 43.9 Å². The number of rotatable bonds is 1. The molecule has 23 heavy (non-hydrogen) atoms. The summed E-state index contributed by atoms with van der Waals surface area (Å²) in [6, 6.07) is 7.60. The summed E-state index contributed by atoms with van der Waals surface area (Å²) in [5.41, 5.74) is 4.06. The van der Waals surface area contributed by atoms with E-state index in [0.29, 0.717) is 23.1 Å². The minimum atomic E-state index is -0.210. The fraction of sp³-hybridized carbons (Fsp3) is 0.318. The third-order valence-corrected chi connectivity index (χ3v) is 5.60. The summed E-state index contributed by atoms with van der Waals surface area (Å²) in [7, 11) is 0. The summed E-state index contributed by atoms with van der Waals surface area (Å²) in [5.74, 6) is 1.35. The standard InChI is InChI=1S/C22H21N/c1-2-5-17(6-3-1)22-13-18-11-20-15-7-4-8-16(10-9-15)21(20)12-19(18)14-23-22/h1-3,5-6,11-16H,4,7-10H2/i1D,2D,3D,5D. The van der Waals surface area contributed by atoms with Crippen LogP contribution in [0.4, 0.5) is 0 Å². The molecule has 2 unspecified atom stereocenters. The van der Waals surface area contributed by atoms with Crippen molar-refractivity contribution in [3.8, 4) is 11.3 Å². The maximum Gasteiger partial charge on any atom is 0.0708 e. The lowest BCUT2D eigenvalue weighted by atomic mass is 9.77. The van der Waals surface area contributed by atoms with E-state index in [1.165, 1.54) is 49.3 Å². The minimum absolute atomic E-state index is 0.0309. The number of nitrogens with zero attached hydrogens (tertiary/aromatic N) is 1. The van der Waals surface area contributed by atoms with Crippen LogP contribution in [0.5, 0.6) is 0 Å². The van der Waals surface area contributed by atoms with Crippen LogP contribution in [0.1, 0.15) is 60.5 Å². The zero-order chi connectivity index (χ0) is 18.7. The molecule has 6 rings (SSSR count). The van der Waals surface area contributed by atoms with E-state index in [1.54, 1.807) is 0 Å². The highest BCUT2D eigenvalue weighted by Crippen LogP contribution is 2.48. The molecule has 2 aromatic carbocycles. The predicted molar refractivity (Wildman–Crippen MR) is 95.7 cm³/mol. The minimum Gasteiger partial charge on any atom is -0.256 e. The molecule has 3 aliphatic rings. The van der Waals surface area contributed by atoms with Crippen LogP contribution >= 0.6 is 0 Å². The molecule has 0 saturated heterocycles. The molecule has 2 atom stereocenters. The summed E-state index contributed by atoms with van der Waals surface area (Å²) in [4.78, 5) is 4.54. The first kappa shape index (κ1) is 9.87. The van der Waals surface area contributed by atoms with Crippen molar-refractivity contribution in [1.29, 1.82) is 0 Å². The highest BCUT2D eigenvalue weighted by atomic mass is 14.7. The van der Waals surface area contributed by atoms with E-state index >= 15 is 0 Å². The quantitative estimate of drug-likeness (QED) is 0.533. The third kappa shape index (κ3) is 2.18. The van der Waals surface area contributed by atoms with Crippen LogP contribution in [0.3, 0.4) is 0 Å². The Morgan fingerprint density at radius 3 is 2.48 bits per heavy atom. The van der Waals surface area contributed by atoms with E-state index in [2.05, 4.69) is 17.1 Å². The smallest absolute Gasteiger partial charge is 0.0708 e. The van der Waals surface area contributed by atoms with Gasteiger partial charge in [0.25, 0.3) is 0 Å². The number of hydrogen-bond donors (Lipinski definition) is 0. The molecule has 3 aromatic rings. The summed E-state index contributed by atoms with van der Waals surface area (Å²) in [5, 5.41) is 2.23. The molecule has 1 aromatic heterocycles. The zero-order valence-electron chi connectivity index (χ0n) is 17.0. The van der Waals surface area contributed by atoms with Crippen LogP contribution in [0, 0.1) is 0 Å². The average molecular weight is 303 g/mol. The lowest BCUT2D eigenvalue weighted by Gasteiger charge is -2.28. The van der Waals surface area contributed by atoms with Crippen LogP contribution in [0.15, 0.2) is 54.6 Å². The molecule has 0 N–H and O–H groups in total. The Bertz CT molecular complexity index is 1070. The molecule has 1 saturated carbocycles. The Morgan fingerprint density at radius 2 is 1.65 bits per heavy atom. The molecule has 2 bridgehead atoms.